The van der Waals surface area contributed by atoms with Gasteiger partial charge in [-0.25, -0.2) is 9.97 Å². The summed E-state index contributed by atoms with van der Waals surface area (Å²) in [6.45, 7) is 7.60. The topological polar surface area (TPSA) is 61.4 Å². The minimum absolute atomic E-state index is 0.0615. The molecule has 3 heterocycles. The number of carbonyl (C=O) groups is 1. The van der Waals surface area contributed by atoms with Crippen molar-refractivity contribution < 1.29 is 4.79 Å². The molecule has 148 valence electrons. The fraction of sp³-hybridized carbons (Fsp3) is 0.500. The summed E-state index contributed by atoms with van der Waals surface area (Å²) in [5, 5.41) is 3.19. The fourth-order valence-corrected chi connectivity index (χ4v) is 4.31. The maximum absolute atomic E-state index is 13.1. The van der Waals surface area contributed by atoms with Crippen LogP contribution in [0.1, 0.15) is 25.8 Å². The van der Waals surface area contributed by atoms with E-state index in [0.29, 0.717) is 5.92 Å². The lowest BCUT2D eigenvalue weighted by Gasteiger charge is -2.49. The molecule has 1 amide bonds. The summed E-state index contributed by atoms with van der Waals surface area (Å²) in [5.41, 5.74) is 2.54. The number of carbonyl (C=O) groups excluding carboxylic acids is 1. The summed E-state index contributed by atoms with van der Waals surface area (Å²) in [7, 11) is 0. The van der Waals surface area contributed by atoms with Gasteiger partial charge in [0.05, 0.1) is 12.0 Å². The molecular weight excluding hydrogens is 350 g/mol. The van der Waals surface area contributed by atoms with Gasteiger partial charge in [-0.05, 0) is 36.5 Å². The van der Waals surface area contributed by atoms with Crippen LogP contribution in [0.2, 0.25) is 0 Å². The van der Waals surface area contributed by atoms with Gasteiger partial charge in [-0.2, -0.15) is 0 Å². The number of fused-ring (bicyclic) bond motifs is 3. The van der Waals surface area contributed by atoms with Crippen LogP contribution in [0.4, 0.5) is 11.6 Å². The second-order valence-corrected chi connectivity index (χ2v) is 8.17. The SMILES string of the molecule is CC(C)CCNC(=O)[C@H]1Cc2ccccc2N2CCN(c3ncccn3)C[C@@H]12. The normalized spacial score (nSPS) is 21.2. The quantitative estimate of drug-likeness (QED) is 0.865. The van der Waals surface area contributed by atoms with Crippen LogP contribution in [0, 0.1) is 11.8 Å². The van der Waals surface area contributed by atoms with Gasteiger partial charge in [-0.3, -0.25) is 4.79 Å². The van der Waals surface area contributed by atoms with Crippen molar-refractivity contribution in [2.45, 2.75) is 32.7 Å². The van der Waals surface area contributed by atoms with E-state index in [1.165, 1.54) is 11.3 Å². The summed E-state index contributed by atoms with van der Waals surface area (Å²) >= 11 is 0. The number of anilines is 2. The van der Waals surface area contributed by atoms with Gasteiger partial charge < -0.3 is 15.1 Å². The van der Waals surface area contributed by atoms with Crippen molar-refractivity contribution in [1.82, 2.24) is 15.3 Å². The third-order valence-electron chi connectivity index (χ3n) is 5.82. The molecule has 2 aromatic rings. The molecule has 6 nitrogen and oxygen atoms in total. The molecule has 1 N–H and O–H groups in total. The minimum Gasteiger partial charge on any atom is -0.364 e. The Morgan fingerprint density at radius 3 is 2.75 bits per heavy atom. The molecule has 0 radical (unpaired) electrons. The van der Waals surface area contributed by atoms with E-state index in [1.54, 1.807) is 12.4 Å². The summed E-state index contributed by atoms with van der Waals surface area (Å²) in [5.74, 6) is 1.44. The van der Waals surface area contributed by atoms with Crippen molar-refractivity contribution in [1.29, 1.82) is 0 Å². The zero-order chi connectivity index (χ0) is 19.5. The third-order valence-corrected chi connectivity index (χ3v) is 5.82. The molecule has 1 aromatic heterocycles. The van der Waals surface area contributed by atoms with Gasteiger partial charge in [0.15, 0.2) is 0 Å². The van der Waals surface area contributed by atoms with Crippen molar-refractivity contribution in [2.24, 2.45) is 11.8 Å². The number of amides is 1. The second-order valence-electron chi connectivity index (χ2n) is 8.17. The summed E-state index contributed by atoms with van der Waals surface area (Å²) in [6, 6.07) is 10.5. The zero-order valence-corrected chi connectivity index (χ0v) is 16.7. The minimum atomic E-state index is -0.0615. The average Bonchev–Trinajstić information content (AvgIpc) is 2.73. The van der Waals surface area contributed by atoms with Crippen LogP contribution in [-0.4, -0.2) is 48.1 Å². The molecule has 1 fully saturated rings. The number of rotatable bonds is 5. The molecule has 0 unspecified atom stereocenters. The Balaban J connectivity index is 1.57. The Morgan fingerprint density at radius 1 is 1.18 bits per heavy atom. The Bertz CT molecular complexity index is 810. The number of hydrogen-bond donors (Lipinski definition) is 1. The number of hydrogen-bond acceptors (Lipinski definition) is 5. The highest BCUT2D eigenvalue weighted by atomic mass is 16.1. The highest BCUT2D eigenvalue weighted by molar-refractivity contribution is 5.82. The van der Waals surface area contributed by atoms with Crippen LogP contribution in [0.5, 0.6) is 0 Å². The first kappa shape index (κ1) is 18.7. The standard InChI is InChI=1S/C22H29N5O/c1-16(2)8-11-23-21(28)18-14-17-6-3-4-7-19(17)27-13-12-26(15-20(18)27)22-24-9-5-10-25-22/h3-7,9-10,16,18,20H,8,11-15H2,1-2H3,(H,23,28)/t18-,20-/m0/s1. The summed E-state index contributed by atoms with van der Waals surface area (Å²) in [6.07, 6.45) is 5.35. The lowest BCUT2D eigenvalue weighted by atomic mass is 9.83. The van der Waals surface area contributed by atoms with Crippen LogP contribution in [-0.2, 0) is 11.2 Å². The molecule has 0 spiro atoms. The molecule has 2 aliphatic heterocycles. The lowest BCUT2D eigenvalue weighted by Crippen LogP contribution is -2.61. The lowest BCUT2D eigenvalue weighted by molar-refractivity contribution is -0.125. The molecule has 6 heteroatoms. The number of piperazine rings is 1. The summed E-state index contributed by atoms with van der Waals surface area (Å²) in [4.78, 5) is 26.6. The van der Waals surface area contributed by atoms with Gasteiger partial charge in [0.2, 0.25) is 11.9 Å². The Kier molecular flexibility index (Phi) is 5.46. The molecule has 0 saturated carbocycles. The molecule has 4 rings (SSSR count). The van der Waals surface area contributed by atoms with Gasteiger partial charge in [-0.1, -0.05) is 32.0 Å². The first-order chi connectivity index (χ1) is 13.6. The van der Waals surface area contributed by atoms with Crippen LogP contribution < -0.4 is 15.1 Å². The molecule has 0 aliphatic carbocycles. The molecule has 2 atom stereocenters. The fourth-order valence-electron chi connectivity index (χ4n) is 4.31. The van der Waals surface area contributed by atoms with Crippen molar-refractivity contribution in [3.63, 3.8) is 0 Å². The zero-order valence-electron chi connectivity index (χ0n) is 16.7. The first-order valence-corrected chi connectivity index (χ1v) is 10.3. The van der Waals surface area contributed by atoms with E-state index in [4.69, 9.17) is 0 Å². The van der Waals surface area contributed by atoms with Crippen molar-refractivity contribution in [3.05, 3.63) is 48.3 Å². The molecule has 0 bridgehead atoms. The van der Waals surface area contributed by atoms with Crippen LogP contribution >= 0.6 is 0 Å². The molecule has 1 saturated heterocycles. The Morgan fingerprint density at radius 2 is 1.96 bits per heavy atom. The molecule has 1 aromatic carbocycles. The van der Waals surface area contributed by atoms with Gasteiger partial charge in [0.25, 0.3) is 0 Å². The van der Waals surface area contributed by atoms with E-state index in [0.717, 1.165) is 45.0 Å². The largest absolute Gasteiger partial charge is 0.364 e. The maximum atomic E-state index is 13.1. The Hall–Kier alpha value is -2.63. The number of nitrogens with zero attached hydrogens (tertiary/aromatic N) is 4. The maximum Gasteiger partial charge on any atom is 0.225 e. The highest BCUT2D eigenvalue weighted by Gasteiger charge is 2.41. The van der Waals surface area contributed by atoms with E-state index in [2.05, 4.69) is 63.2 Å². The third kappa shape index (κ3) is 3.81. The van der Waals surface area contributed by atoms with E-state index in [9.17, 15) is 4.79 Å². The van der Waals surface area contributed by atoms with Crippen molar-refractivity contribution >= 4 is 17.5 Å². The molecule has 2 aliphatic rings. The second kappa shape index (κ2) is 8.17. The van der Waals surface area contributed by atoms with E-state index in [-0.39, 0.29) is 17.9 Å². The monoisotopic (exact) mass is 379 g/mol. The summed E-state index contributed by atoms with van der Waals surface area (Å²) < 4.78 is 0. The van der Waals surface area contributed by atoms with Crippen LogP contribution in [0.3, 0.4) is 0 Å². The van der Waals surface area contributed by atoms with Crippen molar-refractivity contribution in [3.8, 4) is 0 Å². The molecular formula is C22H29N5O. The predicted molar refractivity (Wildman–Crippen MR) is 111 cm³/mol. The van der Waals surface area contributed by atoms with Gasteiger partial charge >= 0.3 is 0 Å². The van der Waals surface area contributed by atoms with Gasteiger partial charge in [0, 0.05) is 44.3 Å². The van der Waals surface area contributed by atoms with Crippen LogP contribution in [0.15, 0.2) is 42.7 Å². The number of nitrogens with one attached hydrogen (secondary N) is 1. The first-order valence-electron chi connectivity index (χ1n) is 10.3. The van der Waals surface area contributed by atoms with E-state index < -0.39 is 0 Å². The number of benzene rings is 1. The number of aromatic nitrogens is 2. The number of para-hydroxylation sites is 1. The van der Waals surface area contributed by atoms with Crippen molar-refractivity contribution in [2.75, 3.05) is 36.0 Å². The van der Waals surface area contributed by atoms with E-state index >= 15 is 0 Å². The average molecular weight is 380 g/mol. The molecule has 28 heavy (non-hydrogen) atoms. The van der Waals surface area contributed by atoms with E-state index in [1.807, 2.05) is 6.07 Å². The Labute approximate surface area is 167 Å². The highest BCUT2D eigenvalue weighted by Crippen LogP contribution is 2.36. The predicted octanol–water partition coefficient (Wildman–Crippen LogP) is 2.51. The van der Waals surface area contributed by atoms with Gasteiger partial charge in [-0.15, -0.1) is 0 Å². The van der Waals surface area contributed by atoms with Gasteiger partial charge in [0.1, 0.15) is 0 Å². The van der Waals surface area contributed by atoms with Crippen LogP contribution in [0.25, 0.3) is 0 Å². The smallest absolute Gasteiger partial charge is 0.225 e.